The lowest BCUT2D eigenvalue weighted by Gasteiger charge is -2.32. The summed E-state index contributed by atoms with van der Waals surface area (Å²) >= 11 is 0. The molecule has 1 saturated heterocycles. The number of rotatable bonds is 1. The van der Waals surface area contributed by atoms with Crippen LogP contribution in [0.1, 0.15) is 44.4 Å². The first-order valence-electron chi connectivity index (χ1n) is 7.76. The van der Waals surface area contributed by atoms with Crippen LogP contribution in [0, 0.1) is 6.92 Å². The van der Waals surface area contributed by atoms with Crippen LogP contribution in [0.4, 0.5) is 4.39 Å². The van der Waals surface area contributed by atoms with E-state index in [0.717, 1.165) is 23.2 Å². The van der Waals surface area contributed by atoms with Gasteiger partial charge in [0.05, 0.1) is 11.2 Å². The van der Waals surface area contributed by atoms with Gasteiger partial charge in [0.25, 0.3) is 0 Å². The highest BCUT2D eigenvalue weighted by Gasteiger charge is 2.53. The summed E-state index contributed by atoms with van der Waals surface area (Å²) in [4.78, 5) is 0. The van der Waals surface area contributed by atoms with Crippen LogP contribution in [-0.2, 0) is 15.9 Å². The molecule has 0 bridgehead atoms. The molecule has 1 aromatic carbocycles. The highest BCUT2D eigenvalue weighted by Crippen LogP contribution is 2.40. The largest absolute Gasteiger partial charge is 0.525 e. The monoisotopic (exact) mass is 303 g/mol. The SMILES string of the molecule is Cc1ccc2c(c1)C(=C(F)B1OC(C)(C)C(C)(C)O1)CNC2. The molecule has 5 heteroatoms. The second-order valence-corrected chi connectivity index (χ2v) is 7.18. The predicted octanol–water partition coefficient (Wildman–Crippen LogP) is 3.41. The lowest BCUT2D eigenvalue weighted by molar-refractivity contribution is 0.00578. The molecule has 0 atom stereocenters. The molecule has 0 spiro atoms. The molecular formula is C17H23BFNO2. The molecule has 0 aliphatic carbocycles. The van der Waals surface area contributed by atoms with Gasteiger partial charge in [-0.15, -0.1) is 0 Å². The van der Waals surface area contributed by atoms with E-state index in [1.54, 1.807) is 0 Å². The maximum absolute atomic E-state index is 15.1. The van der Waals surface area contributed by atoms with Gasteiger partial charge in [-0.2, -0.15) is 0 Å². The first kappa shape index (κ1) is 15.7. The molecule has 1 fully saturated rings. The van der Waals surface area contributed by atoms with Crippen LogP contribution in [0.25, 0.3) is 5.57 Å². The van der Waals surface area contributed by atoms with Crippen LogP contribution in [0.2, 0.25) is 0 Å². The summed E-state index contributed by atoms with van der Waals surface area (Å²) in [6, 6.07) is 6.14. The highest BCUT2D eigenvalue weighted by atomic mass is 19.1. The molecule has 0 aromatic heterocycles. The van der Waals surface area contributed by atoms with Gasteiger partial charge in [-0.25, -0.2) is 4.39 Å². The van der Waals surface area contributed by atoms with Crippen LogP contribution in [0.15, 0.2) is 23.9 Å². The first-order valence-corrected chi connectivity index (χ1v) is 7.76. The van der Waals surface area contributed by atoms with Crippen molar-refractivity contribution < 1.29 is 13.7 Å². The van der Waals surface area contributed by atoms with E-state index < -0.39 is 18.3 Å². The second-order valence-electron chi connectivity index (χ2n) is 7.18. The van der Waals surface area contributed by atoms with Crippen molar-refractivity contribution in [2.24, 2.45) is 0 Å². The van der Waals surface area contributed by atoms with E-state index in [1.165, 1.54) is 0 Å². The molecule has 2 heterocycles. The number of benzene rings is 1. The number of aryl methyl sites for hydroxylation is 1. The van der Waals surface area contributed by atoms with Gasteiger partial charge >= 0.3 is 7.12 Å². The van der Waals surface area contributed by atoms with Crippen LogP contribution >= 0.6 is 0 Å². The molecule has 1 aromatic rings. The Morgan fingerprint density at radius 3 is 2.41 bits per heavy atom. The van der Waals surface area contributed by atoms with Crippen molar-refractivity contribution in [3.8, 4) is 0 Å². The smallest absolute Gasteiger partial charge is 0.398 e. The van der Waals surface area contributed by atoms with Gasteiger partial charge in [0.15, 0.2) is 0 Å². The quantitative estimate of drug-likeness (QED) is 0.807. The molecule has 0 radical (unpaired) electrons. The Morgan fingerprint density at radius 2 is 1.77 bits per heavy atom. The molecule has 3 rings (SSSR count). The molecule has 2 aliphatic rings. The van der Waals surface area contributed by atoms with Gasteiger partial charge in [0, 0.05) is 18.7 Å². The third-order valence-corrected chi connectivity index (χ3v) is 4.96. The Balaban J connectivity index is 2.01. The lowest BCUT2D eigenvalue weighted by atomic mass is 9.80. The van der Waals surface area contributed by atoms with E-state index in [4.69, 9.17) is 9.31 Å². The maximum Gasteiger partial charge on any atom is 0.525 e. The number of hydrogen-bond donors (Lipinski definition) is 1. The summed E-state index contributed by atoms with van der Waals surface area (Å²) in [6.45, 7) is 11.0. The van der Waals surface area contributed by atoms with E-state index in [-0.39, 0.29) is 5.73 Å². The highest BCUT2D eigenvalue weighted by molar-refractivity contribution is 6.55. The minimum atomic E-state index is -0.937. The van der Waals surface area contributed by atoms with Gasteiger partial charge in [-0.05, 0) is 45.7 Å². The van der Waals surface area contributed by atoms with E-state index in [2.05, 4.69) is 11.4 Å². The molecular weight excluding hydrogens is 280 g/mol. The molecule has 0 saturated carbocycles. The number of nitrogens with one attached hydrogen (secondary N) is 1. The summed E-state index contributed by atoms with van der Waals surface area (Å²) in [7, 11) is -0.937. The Hall–Kier alpha value is -1.17. The van der Waals surface area contributed by atoms with Crippen molar-refractivity contribution >= 4 is 12.7 Å². The van der Waals surface area contributed by atoms with Gasteiger partial charge in [-0.3, -0.25) is 0 Å². The fraction of sp³-hybridized carbons (Fsp3) is 0.529. The summed E-state index contributed by atoms with van der Waals surface area (Å²) in [6.07, 6.45) is 0. The van der Waals surface area contributed by atoms with Crippen LogP contribution < -0.4 is 5.32 Å². The van der Waals surface area contributed by atoms with Crippen LogP contribution in [-0.4, -0.2) is 24.9 Å². The van der Waals surface area contributed by atoms with Gasteiger partial charge in [-0.1, -0.05) is 23.8 Å². The average Bonchev–Trinajstić information content (AvgIpc) is 2.66. The standard InChI is InChI=1S/C17H23BFNO2/c1-11-6-7-12-9-20-10-14(13(12)8-11)15(19)18-21-16(2,3)17(4,5)22-18/h6-8,20H,9-10H2,1-5H3. The molecule has 0 amide bonds. The minimum Gasteiger partial charge on any atom is -0.398 e. The summed E-state index contributed by atoms with van der Waals surface area (Å²) in [5, 5.41) is 3.25. The van der Waals surface area contributed by atoms with Crippen molar-refractivity contribution in [3.63, 3.8) is 0 Å². The second kappa shape index (κ2) is 5.19. The summed E-state index contributed by atoms with van der Waals surface area (Å²) < 4.78 is 26.8. The van der Waals surface area contributed by atoms with E-state index >= 15 is 4.39 Å². The van der Waals surface area contributed by atoms with Crippen LogP contribution in [0.5, 0.6) is 0 Å². The fourth-order valence-electron chi connectivity index (χ4n) is 2.84. The zero-order chi connectivity index (χ0) is 16.1. The van der Waals surface area contributed by atoms with Crippen molar-refractivity contribution in [1.82, 2.24) is 5.32 Å². The van der Waals surface area contributed by atoms with Gasteiger partial charge in [0.2, 0.25) is 0 Å². The number of fused-ring (bicyclic) bond motifs is 1. The number of halogens is 1. The zero-order valence-electron chi connectivity index (χ0n) is 13.9. The Morgan fingerprint density at radius 1 is 1.14 bits per heavy atom. The van der Waals surface area contributed by atoms with Crippen molar-refractivity contribution in [2.45, 2.75) is 52.4 Å². The average molecular weight is 303 g/mol. The normalized spacial score (nSPS) is 25.1. The van der Waals surface area contributed by atoms with Crippen molar-refractivity contribution in [3.05, 3.63) is 40.6 Å². The third kappa shape index (κ3) is 2.51. The van der Waals surface area contributed by atoms with E-state index in [1.807, 2.05) is 46.8 Å². The fourth-order valence-corrected chi connectivity index (χ4v) is 2.84. The van der Waals surface area contributed by atoms with Gasteiger partial charge in [0.1, 0.15) is 5.73 Å². The Labute approximate surface area is 132 Å². The van der Waals surface area contributed by atoms with Crippen LogP contribution in [0.3, 0.4) is 0 Å². The molecule has 1 N–H and O–H groups in total. The van der Waals surface area contributed by atoms with E-state index in [9.17, 15) is 0 Å². The molecule has 3 nitrogen and oxygen atoms in total. The molecule has 0 unspecified atom stereocenters. The van der Waals surface area contributed by atoms with E-state index in [0.29, 0.717) is 12.1 Å². The molecule has 22 heavy (non-hydrogen) atoms. The number of hydrogen-bond acceptors (Lipinski definition) is 3. The minimum absolute atomic E-state index is 0.322. The topological polar surface area (TPSA) is 30.5 Å². The Bertz CT molecular complexity index is 624. The summed E-state index contributed by atoms with van der Waals surface area (Å²) in [5.41, 5.74) is 2.45. The maximum atomic E-state index is 15.1. The van der Waals surface area contributed by atoms with Gasteiger partial charge < -0.3 is 14.6 Å². The molecule has 118 valence electrons. The third-order valence-electron chi connectivity index (χ3n) is 4.96. The molecule has 2 aliphatic heterocycles. The van der Waals surface area contributed by atoms with Crippen molar-refractivity contribution in [2.75, 3.05) is 6.54 Å². The lowest BCUT2D eigenvalue weighted by Crippen LogP contribution is -2.41. The Kier molecular flexibility index (Phi) is 3.71. The predicted molar refractivity (Wildman–Crippen MR) is 87.0 cm³/mol. The van der Waals surface area contributed by atoms with Crippen molar-refractivity contribution in [1.29, 1.82) is 0 Å². The summed E-state index contributed by atoms with van der Waals surface area (Å²) in [5.74, 6) is 0. The first-order chi connectivity index (χ1) is 10.2. The zero-order valence-corrected chi connectivity index (χ0v) is 13.9.